The Kier molecular flexibility index (Phi) is 10.6. The van der Waals surface area contributed by atoms with Crippen LogP contribution in [0.25, 0.3) is 0 Å². The van der Waals surface area contributed by atoms with Crippen LogP contribution in [0.2, 0.25) is 0 Å². The highest BCUT2D eigenvalue weighted by Crippen LogP contribution is 2.18. The van der Waals surface area contributed by atoms with Gasteiger partial charge in [-0.15, -0.1) is 0 Å². The second-order valence-electron chi connectivity index (χ2n) is 5.92. The van der Waals surface area contributed by atoms with E-state index in [2.05, 4.69) is 28.2 Å². The molecule has 2 aromatic rings. The Morgan fingerprint density at radius 1 is 1.18 bits per heavy atom. The Bertz CT molecular complexity index is 775. The molecule has 0 aliphatic carbocycles. The van der Waals surface area contributed by atoms with Crippen LogP contribution in [0.4, 0.5) is 10.5 Å². The number of anilines is 1. The van der Waals surface area contributed by atoms with Crippen LogP contribution in [0.15, 0.2) is 53.3 Å². The van der Waals surface area contributed by atoms with Crippen molar-refractivity contribution in [2.45, 2.75) is 26.8 Å². The molecule has 1 aromatic carbocycles. The van der Waals surface area contributed by atoms with Crippen LogP contribution in [0.3, 0.4) is 0 Å². The van der Waals surface area contributed by atoms with Crippen molar-refractivity contribution in [1.29, 1.82) is 0 Å². The zero-order chi connectivity index (χ0) is 19.6. The maximum Gasteiger partial charge on any atom is 0.407 e. The quantitative estimate of drug-likeness (QED) is 0.573. The molecule has 2 amide bonds. The summed E-state index contributed by atoms with van der Waals surface area (Å²) in [5.74, 6) is -0.127. The number of hydrogen-bond donors (Lipinski definition) is 1. The Morgan fingerprint density at radius 3 is 2.54 bits per heavy atom. The largest absolute Gasteiger partial charge is 1.00 e. The molecule has 2 rings (SSSR count). The second kappa shape index (κ2) is 12.4. The fraction of sp³-hybridized carbons (Fsp3) is 0.350. The fourth-order valence-electron chi connectivity index (χ4n) is 2.67. The third-order valence-corrected chi connectivity index (χ3v) is 4.24. The van der Waals surface area contributed by atoms with Gasteiger partial charge < -0.3 is 27.4 Å². The van der Waals surface area contributed by atoms with Crippen molar-refractivity contribution in [3.63, 3.8) is 0 Å². The Labute approximate surface area is 180 Å². The maximum atomic E-state index is 13.2. The number of amides is 2. The molecule has 6 nitrogen and oxygen atoms in total. The number of hydrogen-bond acceptors (Lipinski definition) is 3. The van der Waals surface area contributed by atoms with Gasteiger partial charge in [-0.1, -0.05) is 25.1 Å². The molecule has 0 saturated carbocycles. The number of para-hydroxylation sites is 1. The Balaban J connectivity index is 0.00000392. The Hall–Kier alpha value is -2.12. The predicted octanol–water partition coefficient (Wildman–Crippen LogP) is 0.544. The third-order valence-electron chi connectivity index (χ3n) is 3.81. The molecule has 0 fully saturated rings. The van der Waals surface area contributed by atoms with E-state index in [4.69, 9.17) is 4.74 Å². The number of aryl methyl sites for hydroxylation is 1. The van der Waals surface area contributed by atoms with E-state index in [0.717, 1.165) is 23.1 Å². The number of carbonyl (C=O) groups is 2. The number of alkyl carbamates (subject to hydrolysis) is 1. The normalized spacial score (nSPS) is 9.96. The molecule has 1 N–H and O–H groups in total. The van der Waals surface area contributed by atoms with E-state index in [9.17, 15) is 9.59 Å². The molecule has 8 heteroatoms. The number of pyridine rings is 1. The molecule has 0 saturated heterocycles. The van der Waals surface area contributed by atoms with Crippen molar-refractivity contribution in [3.8, 4) is 0 Å². The minimum Gasteiger partial charge on any atom is -1.00 e. The van der Waals surface area contributed by atoms with E-state index in [1.54, 1.807) is 11.8 Å². The van der Waals surface area contributed by atoms with Crippen LogP contribution in [0, 0.1) is 0 Å². The molecular weight excluding hydrogens is 446 g/mol. The van der Waals surface area contributed by atoms with Gasteiger partial charge in [0, 0.05) is 25.2 Å². The van der Waals surface area contributed by atoms with E-state index in [0.29, 0.717) is 25.3 Å². The zero-order valence-corrected chi connectivity index (χ0v) is 18.4. The van der Waals surface area contributed by atoms with Crippen LogP contribution < -0.4 is 27.2 Å². The summed E-state index contributed by atoms with van der Waals surface area (Å²) in [5.41, 5.74) is 1.35. The fourth-order valence-corrected chi connectivity index (χ4v) is 3.17. The predicted molar refractivity (Wildman–Crippen MR) is 108 cm³/mol. The molecule has 28 heavy (non-hydrogen) atoms. The molecule has 0 spiro atoms. The molecule has 0 aliphatic heterocycles. The number of rotatable bonds is 8. The Morgan fingerprint density at radius 2 is 1.89 bits per heavy atom. The molecule has 0 atom stereocenters. The van der Waals surface area contributed by atoms with E-state index in [1.807, 2.05) is 53.4 Å². The summed E-state index contributed by atoms with van der Waals surface area (Å²) in [6, 6.07) is 11.2. The summed E-state index contributed by atoms with van der Waals surface area (Å²) in [6.45, 7) is 5.60. The summed E-state index contributed by atoms with van der Waals surface area (Å²) in [7, 11) is 0. The van der Waals surface area contributed by atoms with Gasteiger partial charge in [-0.25, -0.2) is 9.36 Å². The highest BCUT2D eigenvalue weighted by Gasteiger charge is 2.21. The summed E-state index contributed by atoms with van der Waals surface area (Å²) in [5, 5.41) is 2.66. The summed E-state index contributed by atoms with van der Waals surface area (Å²) >= 11 is 3.48. The zero-order valence-electron chi connectivity index (χ0n) is 16.0. The van der Waals surface area contributed by atoms with Crippen LogP contribution in [-0.2, 0) is 11.3 Å². The standard InChI is InChI=1S/C20H24BrN3O3.ClH/c1-3-11-23-14-16(13-17(21)15-23)19(25)24(18-8-6-5-7-9-18)12-10-22-20(26)27-4-2;/h5-9,13-15H,3-4,10-12H2,1-2H3;1H. The summed E-state index contributed by atoms with van der Waals surface area (Å²) in [6.07, 6.45) is 4.29. The van der Waals surface area contributed by atoms with Crippen molar-refractivity contribution in [3.05, 3.63) is 58.8 Å². The minimum absolute atomic E-state index is 0. The third kappa shape index (κ3) is 7.13. The summed E-state index contributed by atoms with van der Waals surface area (Å²) in [4.78, 5) is 26.4. The molecule has 1 heterocycles. The maximum absolute atomic E-state index is 13.2. The topological polar surface area (TPSA) is 62.5 Å². The number of nitrogens with one attached hydrogen (secondary N) is 1. The highest BCUT2D eigenvalue weighted by molar-refractivity contribution is 9.10. The average molecular weight is 471 g/mol. The molecule has 0 radical (unpaired) electrons. The van der Waals surface area contributed by atoms with Gasteiger partial charge in [0.15, 0.2) is 12.4 Å². The number of ether oxygens (including phenoxy) is 1. The smallest absolute Gasteiger partial charge is 0.407 e. The molecule has 0 unspecified atom stereocenters. The van der Waals surface area contributed by atoms with E-state index >= 15 is 0 Å². The molecule has 0 aliphatic rings. The van der Waals surface area contributed by atoms with Gasteiger partial charge >= 0.3 is 6.09 Å². The van der Waals surface area contributed by atoms with Gasteiger partial charge in [-0.05, 0) is 41.1 Å². The van der Waals surface area contributed by atoms with Crippen molar-refractivity contribution in [2.24, 2.45) is 0 Å². The van der Waals surface area contributed by atoms with Gasteiger partial charge in [0.25, 0.3) is 5.91 Å². The highest BCUT2D eigenvalue weighted by atomic mass is 79.9. The van der Waals surface area contributed by atoms with Crippen LogP contribution >= 0.6 is 15.9 Å². The average Bonchev–Trinajstić information content (AvgIpc) is 2.65. The SMILES string of the molecule is CCC[n+]1cc(Br)cc(C(=O)N(CCNC(=O)OCC)c2ccccc2)c1.[Cl-]. The number of carbonyl (C=O) groups excluding carboxylic acids is 2. The molecule has 1 aromatic heterocycles. The number of aromatic nitrogens is 1. The van der Waals surface area contributed by atoms with Gasteiger partial charge in [0.05, 0.1) is 11.1 Å². The van der Waals surface area contributed by atoms with Gasteiger partial charge in [-0.3, -0.25) is 4.79 Å². The van der Waals surface area contributed by atoms with Crippen molar-refractivity contribution in [1.82, 2.24) is 5.32 Å². The molecule has 0 bridgehead atoms. The van der Waals surface area contributed by atoms with Crippen LogP contribution in [0.1, 0.15) is 30.6 Å². The first-order chi connectivity index (χ1) is 13.0. The van der Waals surface area contributed by atoms with Crippen LogP contribution in [-0.4, -0.2) is 31.7 Å². The number of halogens is 2. The number of benzene rings is 1. The lowest BCUT2D eigenvalue weighted by atomic mass is 10.2. The lowest BCUT2D eigenvalue weighted by Gasteiger charge is -2.22. The lowest BCUT2D eigenvalue weighted by molar-refractivity contribution is -0.697. The van der Waals surface area contributed by atoms with E-state index in [-0.39, 0.29) is 18.3 Å². The second-order valence-corrected chi connectivity index (χ2v) is 6.84. The van der Waals surface area contributed by atoms with Crippen molar-refractivity contribution < 1.29 is 31.3 Å². The first-order valence-electron chi connectivity index (χ1n) is 9.02. The van der Waals surface area contributed by atoms with Crippen LogP contribution in [0.5, 0.6) is 0 Å². The van der Waals surface area contributed by atoms with Gasteiger partial charge in [-0.2, -0.15) is 0 Å². The first kappa shape index (κ1) is 23.9. The number of nitrogens with zero attached hydrogens (tertiary/aromatic N) is 2. The van der Waals surface area contributed by atoms with E-state index < -0.39 is 6.09 Å². The lowest BCUT2D eigenvalue weighted by Crippen LogP contribution is -3.00. The molecular formula is C20H25BrClN3O3. The summed E-state index contributed by atoms with van der Waals surface area (Å²) < 4.78 is 7.71. The van der Waals surface area contributed by atoms with Gasteiger partial charge in [0.1, 0.15) is 12.1 Å². The first-order valence-corrected chi connectivity index (χ1v) is 9.81. The monoisotopic (exact) mass is 469 g/mol. The van der Waals surface area contributed by atoms with Crippen molar-refractivity contribution in [2.75, 3.05) is 24.6 Å². The van der Waals surface area contributed by atoms with E-state index in [1.165, 1.54) is 0 Å². The minimum atomic E-state index is -0.485. The van der Waals surface area contributed by atoms with Gasteiger partial charge in [0.2, 0.25) is 0 Å². The van der Waals surface area contributed by atoms with Crippen molar-refractivity contribution >= 4 is 33.6 Å². The molecule has 152 valence electrons.